The Bertz CT molecular complexity index is 402. The number of phenolic OH excluding ortho intramolecular Hbond substituents is 1. The van der Waals surface area contributed by atoms with Crippen molar-refractivity contribution in [1.82, 2.24) is 0 Å². The van der Waals surface area contributed by atoms with Crippen molar-refractivity contribution in [1.29, 1.82) is 0 Å². The number of methoxy groups -OCH3 is 1. The Hall–Kier alpha value is -1.59. The van der Waals surface area contributed by atoms with E-state index in [1.165, 1.54) is 19.2 Å². The van der Waals surface area contributed by atoms with E-state index < -0.39 is 18.2 Å². The van der Waals surface area contributed by atoms with E-state index in [0.29, 0.717) is 11.1 Å². The summed E-state index contributed by atoms with van der Waals surface area (Å²) in [6.45, 7) is 1.68. The minimum absolute atomic E-state index is 0.114. The van der Waals surface area contributed by atoms with Gasteiger partial charge in [0.1, 0.15) is 11.9 Å². The molecular weight excluding hydrogens is 224 g/mol. The highest BCUT2D eigenvalue weighted by molar-refractivity contribution is 5.69. The fourth-order valence-electron chi connectivity index (χ4n) is 1.45. The van der Waals surface area contributed by atoms with Crippen LogP contribution in [0.25, 0.3) is 0 Å². The molecule has 0 saturated heterocycles. The number of phenols is 1. The lowest BCUT2D eigenvalue weighted by Crippen LogP contribution is -2.22. The fourth-order valence-corrected chi connectivity index (χ4v) is 1.45. The molecule has 0 aromatic heterocycles. The highest BCUT2D eigenvalue weighted by Gasteiger charge is 2.22. The van der Waals surface area contributed by atoms with Crippen molar-refractivity contribution in [2.75, 3.05) is 7.11 Å². The molecule has 1 aromatic carbocycles. The van der Waals surface area contributed by atoms with E-state index in [2.05, 4.69) is 4.74 Å². The second kappa shape index (κ2) is 5.65. The highest BCUT2D eigenvalue weighted by atomic mass is 16.5. The van der Waals surface area contributed by atoms with E-state index in [-0.39, 0.29) is 12.2 Å². The predicted molar refractivity (Wildman–Crippen MR) is 60.4 cm³/mol. The van der Waals surface area contributed by atoms with Crippen LogP contribution in [0.2, 0.25) is 0 Å². The van der Waals surface area contributed by atoms with Gasteiger partial charge in [-0.1, -0.05) is 6.07 Å². The van der Waals surface area contributed by atoms with Crippen molar-refractivity contribution < 1.29 is 24.9 Å². The van der Waals surface area contributed by atoms with E-state index in [1.54, 1.807) is 13.0 Å². The number of benzene rings is 1. The second-order valence-corrected chi connectivity index (χ2v) is 3.84. The van der Waals surface area contributed by atoms with Crippen LogP contribution in [0.15, 0.2) is 18.2 Å². The van der Waals surface area contributed by atoms with Crippen LogP contribution in [0.3, 0.4) is 0 Å². The third-order valence-electron chi connectivity index (χ3n) is 2.53. The molecule has 0 saturated carbocycles. The Morgan fingerprint density at radius 1 is 1.41 bits per heavy atom. The Balaban J connectivity index is 2.77. The maximum Gasteiger partial charge on any atom is 0.308 e. The molecule has 0 amide bonds. The van der Waals surface area contributed by atoms with Gasteiger partial charge in [0.05, 0.1) is 19.6 Å². The van der Waals surface area contributed by atoms with Gasteiger partial charge in [-0.3, -0.25) is 4.79 Å². The van der Waals surface area contributed by atoms with Crippen LogP contribution in [0, 0.1) is 6.92 Å². The van der Waals surface area contributed by atoms with Crippen molar-refractivity contribution in [2.45, 2.75) is 25.6 Å². The van der Waals surface area contributed by atoms with Gasteiger partial charge in [0.15, 0.2) is 0 Å². The van der Waals surface area contributed by atoms with E-state index >= 15 is 0 Å². The lowest BCUT2D eigenvalue weighted by atomic mass is 10.00. The van der Waals surface area contributed by atoms with Crippen molar-refractivity contribution in [2.24, 2.45) is 0 Å². The third kappa shape index (κ3) is 3.44. The zero-order chi connectivity index (χ0) is 13.0. The maximum absolute atomic E-state index is 10.9. The molecule has 17 heavy (non-hydrogen) atoms. The average molecular weight is 240 g/mol. The van der Waals surface area contributed by atoms with Gasteiger partial charge in [0.25, 0.3) is 0 Å². The quantitative estimate of drug-likeness (QED) is 0.673. The molecule has 0 spiro atoms. The molecule has 5 nitrogen and oxygen atoms in total. The molecule has 0 aliphatic heterocycles. The van der Waals surface area contributed by atoms with Crippen molar-refractivity contribution >= 4 is 5.97 Å². The largest absolute Gasteiger partial charge is 0.508 e. The Labute approximate surface area is 99.3 Å². The van der Waals surface area contributed by atoms with Crippen LogP contribution in [-0.4, -0.2) is 34.5 Å². The normalized spacial score (nSPS) is 14.1. The smallest absolute Gasteiger partial charge is 0.308 e. The summed E-state index contributed by atoms with van der Waals surface area (Å²) >= 11 is 0. The summed E-state index contributed by atoms with van der Waals surface area (Å²) in [6, 6.07) is 4.48. The molecule has 3 N–H and O–H groups in total. The SMILES string of the molecule is COC(=O)CC(O)C(O)c1ccc(O)c(C)c1. The summed E-state index contributed by atoms with van der Waals surface area (Å²) in [7, 11) is 1.21. The van der Waals surface area contributed by atoms with Crippen LogP contribution in [0.1, 0.15) is 23.7 Å². The van der Waals surface area contributed by atoms with E-state index in [1.807, 2.05) is 0 Å². The molecule has 0 fully saturated rings. The van der Waals surface area contributed by atoms with Crippen LogP contribution < -0.4 is 0 Å². The number of aliphatic hydroxyl groups is 2. The molecule has 94 valence electrons. The average Bonchev–Trinajstić information content (AvgIpc) is 2.31. The number of aryl methyl sites for hydroxylation is 1. The van der Waals surface area contributed by atoms with Gasteiger partial charge in [0.2, 0.25) is 0 Å². The summed E-state index contributed by atoms with van der Waals surface area (Å²) in [4.78, 5) is 10.9. The first-order valence-corrected chi connectivity index (χ1v) is 5.18. The van der Waals surface area contributed by atoms with Crippen molar-refractivity contribution in [3.05, 3.63) is 29.3 Å². The van der Waals surface area contributed by atoms with Crippen LogP contribution >= 0.6 is 0 Å². The Kier molecular flexibility index (Phi) is 4.48. The Morgan fingerprint density at radius 2 is 2.06 bits per heavy atom. The molecule has 0 aliphatic rings. The molecule has 2 unspecified atom stereocenters. The van der Waals surface area contributed by atoms with Gasteiger partial charge in [0, 0.05) is 0 Å². The molecule has 1 rings (SSSR count). The minimum atomic E-state index is -1.23. The van der Waals surface area contributed by atoms with Gasteiger partial charge < -0.3 is 20.1 Å². The third-order valence-corrected chi connectivity index (χ3v) is 2.53. The number of esters is 1. The summed E-state index contributed by atoms with van der Waals surface area (Å²) in [6.07, 6.45) is -2.70. The van der Waals surface area contributed by atoms with E-state index in [0.717, 1.165) is 0 Å². The van der Waals surface area contributed by atoms with E-state index in [9.17, 15) is 20.1 Å². The fraction of sp³-hybridized carbons (Fsp3) is 0.417. The number of rotatable bonds is 4. The summed E-state index contributed by atoms with van der Waals surface area (Å²) in [5.41, 5.74) is 1.03. The van der Waals surface area contributed by atoms with Gasteiger partial charge in [-0.25, -0.2) is 0 Å². The summed E-state index contributed by atoms with van der Waals surface area (Å²) in [5, 5.41) is 28.8. The minimum Gasteiger partial charge on any atom is -0.508 e. The lowest BCUT2D eigenvalue weighted by molar-refractivity contribution is -0.144. The first-order valence-electron chi connectivity index (χ1n) is 5.18. The van der Waals surface area contributed by atoms with Crippen LogP contribution in [0.4, 0.5) is 0 Å². The number of aliphatic hydroxyl groups excluding tert-OH is 2. The monoisotopic (exact) mass is 240 g/mol. The van der Waals surface area contributed by atoms with Gasteiger partial charge >= 0.3 is 5.97 Å². The predicted octanol–water partition coefficient (Wildman–Crippen LogP) is 0.658. The number of hydrogen-bond donors (Lipinski definition) is 3. The van der Waals surface area contributed by atoms with Crippen LogP contribution in [-0.2, 0) is 9.53 Å². The maximum atomic E-state index is 10.9. The topological polar surface area (TPSA) is 87.0 Å². The molecular formula is C12H16O5. The first-order chi connectivity index (χ1) is 7.95. The van der Waals surface area contributed by atoms with E-state index in [4.69, 9.17) is 0 Å². The second-order valence-electron chi connectivity index (χ2n) is 3.84. The van der Waals surface area contributed by atoms with Crippen molar-refractivity contribution in [3.8, 4) is 5.75 Å². The van der Waals surface area contributed by atoms with Crippen LogP contribution in [0.5, 0.6) is 5.75 Å². The lowest BCUT2D eigenvalue weighted by Gasteiger charge is -2.17. The standard InChI is InChI=1S/C12H16O5/c1-7-5-8(3-4-9(7)13)12(16)10(14)6-11(15)17-2/h3-5,10,12-14,16H,6H2,1-2H3. The Morgan fingerprint density at radius 3 is 2.59 bits per heavy atom. The van der Waals surface area contributed by atoms with Gasteiger partial charge in [-0.05, 0) is 30.2 Å². The molecule has 0 aliphatic carbocycles. The number of aromatic hydroxyl groups is 1. The number of carbonyl (C=O) groups excluding carboxylic acids is 1. The molecule has 5 heteroatoms. The zero-order valence-electron chi connectivity index (χ0n) is 9.75. The van der Waals surface area contributed by atoms with Gasteiger partial charge in [-0.15, -0.1) is 0 Å². The van der Waals surface area contributed by atoms with Gasteiger partial charge in [-0.2, -0.15) is 0 Å². The molecule has 0 bridgehead atoms. The summed E-state index contributed by atoms with van der Waals surface area (Å²) < 4.78 is 4.40. The number of carbonyl (C=O) groups is 1. The van der Waals surface area contributed by atoms with Crippen molar-refractivity contribution in [3.63, 3.8) is 0 Å². The zero-order valence-corrected chi connectivity index (χ0v) is 9.75. The number of hydrogen-bond acceptors (Lipinski definition) is 5. The molecule has 0 heterocycles. The number of ether oxygens (including phenoxy) is 1. The molecule has 1 aromatic rings. The molecule has 2 atom stereocenters. The highest BCUT2D eigenvalue weighted by Crippen LogP contribution is 2.24. The molecule has 0 radical (unpaired) electrons. The first kappa shape index (κ1) is 13.5. The summed E-state index contributed by atoms with van der Waals surface area (Å²) in [5.74, 6) is -0.476.